The van der Waals surface area contributed by atoms with Gasteiger partial charge in [0, 0.05) is 18.8 Å². The summed E-state index contributed by atoms with van der Waals surface area (Å²) < 4.78 is 49.8. The van der Waals surface area contributed by atoms with E-state index >= 15 is 0 Å². The standard InChI is InChI=1S/C41H46FN3O11S/c42-30-12-10-26(11-13-30)33(47)17-16-32-36(45(41(32)52)31-14-4-24(5-15-31)21-44-35(48)22-43-18-19-57(53,54)55)27-8-6-25(7-9-27)28-2-1-3-29(20-28)40-39(51)38(50)37(49)34(23-46)56-40/h1-15,20,32-34,36-40,43,46-47,49-51H,16-19,21-23H2,(H,44,48)(H,53,54,55)/t32-,33+,34?,36-,37?,38?,39?,40?/m1/s1. The van der Waals surface area contributed by atoms with Crippen LogP contribution in [0.25, 0.3) is 11.1 Å². The Balaban J connectivity index is 1.18. The lowest BCUT2D eigenvalue weighted by Crippen LogP contribution is -2.55. The average Bonchev–Trinajstić information content (AvgIpc) is 3.20. The molecule has 4 aromatic rings. The predicted molar refractivity (Wildman–Crippen MR) is 206 cm³/mol. The number of carbonyl (C=O) groups is 2. The molecule has 304 valence electrons. The number of aliphatic hydroxyl groups is 5. The second-order valence-electron chi connectivity index (χ2n) is 14.3. The van der Waals surface area contributed by atoms with Crippen molar-refractivity contribution in [2.24, 2.45) is 5.92 Å². The normalized spacial score (nSPS) is 24.2. The molecule has 2 saturated heterocycles. The van der Waals surface area contributed by atoms with E-state index in [9.17, 15) is 47.9 Å². The highest BCUT2D eigenvalue weighted by atomic mass is 32.2. The highest BCUT2D eigenvalue weighted by Gasteiger charge is 2.48. The summed E-state index contributed by atoms with van der Waals surface area (Å²) in [5, 5.41) is 57.2. The molecule has 0 radical (unpaired) electrons. The molecule has 57 heavy (non-hydrogen) atoms. The topological polar surface area (TPSA) is 226 Å². The summed E-state index contributed by atoms with van der Waals surface area (Å²) in [6.45, 7) is -0.585. The number of carbonyl (C=O) groups excluding carboxylic acids is 2. The van der Waals surface area contributed by atoms with E-state index in [1.807, 2.05) is 30.3 Å². The summed E-state index contributed by atoms with van der Waals surface area (Å²) in [5.74, 6) is -1.92. The molecule has 8 atom stereocenters. The van der Waals surface area contributed by atoms with Gasteiger partial charge in [-0.2, -0.15) is 8.42 Å². The van der Waals surface area contributed by atoms with Crippen LogP contribution in [0.2, 0.25) is 0 Å². The van der Waals surface area contributed by atoms with Crippen molar-refractivity contribution in [2.45, 2.75) is 62.1 Å². The first-order chi connectivity index (χ1) is 27.2. The molecule has 2 fully saturated rings. The van der Waals surface area contributed by atoms with E-state index in [1.165, 1.54) is 24.3 Å². The quantitative estimate of drug-likeness (QED) is 0.0464. The third-order valence-corrected chi connectivity index (χ3v) is 11.2. The fourth-order valence-corrected chi connectivity index (χ4v) is 7.68. The second-order valence-corrected chi connectivity index (χ2v) is 15.9. The summed E-state index contributed by atoms with van der Waals surface area (Å²) in [6, 6.07) is 27.1. The second kappa shape index (κ2) is 18.3. The molecule has 2 aliphatic heterocycles. The molecule has 2 amide bonds. The van der Waals surface area contributed by atoms with E-state index in [2.05, 4.69) is 10.6 Å². The molecule has 0 aromatic heterocycles. The number of aliphatic hydroxyl groups excluding tert-OH is 5. The lowest BCUT2D eigenvalue weighted by Gasteiger charge is -2.48. The fraction of sp³-hybridized carbons (Fsp3) is 0.366. The van der Waals surface area contributed by atoms with Gasteiger partial charge in [-0.3, -0.25) is 14.1 Å². The average molecular weight is 808 g/mol. The lowest BCUT2D eigenvalue weighted by atomic mass is 9.78. The molecule has 0 saturated carbocycles. The number of hydrogen-bond acceptors (Lipinski definition) is 11. The third kappa shape index (κ3) is 10.1. The number of hydrogen-bond donors (Lipinski definition) is 8. The van der Waals surface area contributed by atoms with Gasteiger partial charge in [0.25, 0.3) is 10.1 Å². The van der Waals surface area contributed by atoms with Gasteiger partial charge in [-0.15, -0.1) is 0 Å². The number of nitrogens with one attached hydrogen (secondary N) is 2. The zero-order valence-electron chi connectivity index (χ0n) is 30.8. The van der Waals surface area contributed by atoms with Crippen molar-refractivity contribution in [3.05, 3.63) is 125 Å². The zero-order valence-corrected chi connectivity index (χ0v) is 31.6. The molecule has 8 N–H and O–H groups in total. The minimum absolute atomic E-state index is 0.0837. The molecule has 4 aromatic carbocycles. The Hall–Kier alpha value is -4.62. The maximum atomic E-state index is 13.8. The molecule has 0 aliphatic carbocycles. The number of nitrogens with zero attached hydrogens (tertiary/aromatic N) is 1. The summed E-state index contributed by atoms with van der Waals surface area (Å²) in [6.07, 6.45) is -6.75. The van der Waals surface area contributed by atoms with Crippen molar-refractivity contribution < 1.29 is 57.2 Å². The van der Waals surface area contributed by atoms with Crippen molar-refractivity contribution in [2.75, 3.05) is 30.3 Å². The smallest absolute Gasteiger partial charge is 0.266 e. The summed E-state index contributed by atoms with van der Waals surface area (Å²) in [7, 11) is -4.13. The molecule has 0 spiro atoms. The van der Waals surface area contributed by atoms with Gasteiger partial charge in [0.1, 0.15) is 36.3 Å². The fourth-order valence-electron chi connectivity index (χ4n) is 7.27. The van der Waals surface area contributed by atoms with Crippen LogP contribution in [0.5, 0.6) is 0 Å². The van der Waals surface area contributed by atoms with Crippen LogP contribution in [0.1, 0.15) is 53.3 Å². The van der Waals surface area contributed by atoms with Gasteiger partial charge in [-0.05, 0) is 76.6 Å². The van der Waals surface area contributed by atoms with Crippen molar-refractivity contribution >= 4 is 27.6 Å². The molecule has 2 heterocycles. The van der Waals surface area contributed by atoms with Gasteiger partial charge >= 0.3 is 0 Å². The van der Waals surface area contributed by atoms with Crippen LogP contribution in [-0.4, -0.2) is 100 Å². The third-order valence-electron chi connectivity index (χ3n) is 10.4. The van der Waals surface area contributed by atoms with Crippen molar-refractivity contribution in [3.63, 3.8) is 0 Å². The monoisotopic (exact) mass is 807 g/mol. The molecule has 16 heteroatoms. The van der Waals surface area contributed by atoms with Crippen LogP contribution >= 0.6 is 0 Å². The van der Waals surface area contributed by atoms with Crippen LogP contribution in [0, 0.1) is 11.7 Å². The van der Waals surface area contributed by atoms with E-state index in [0.29, 0.717) is 23.2 Å². The summed E-state index contributed by atoms with van der Waals surface area (Å²) in [5.41, 5.74) is 4.88. The van der Waals surface area contributed by atoms with Gasteiger partial charge in [0.2, 0.25) is 11.8 Å². The minimum atomic E-state index is -4.13. The SMILES string of the molecule is O=C(CNCCS(=O)(=O)O)NCc1ccc(N2C(=O)[C@H](CC[C@H](O)c3ccc(F)cc3)[C@H]2c2ccc(-c3cccc(C4OC(CO)C(O)C(O)C4O)c3)cc2)cc1. The number of β-lactam (4-membered cyclic amide) rings is 1. The predicted octanol–water partition coefficient (Wildman–Crippen LogP) is 2.32. The molecule has 14 nitrogen and oxygen atoms in total. The Labute approximate surface area is 329 Å². The van der Waals surface area contributed by atoms with Crippen LogP contribution in [-0.2, 0) is 31.0 Å². The van der Waals surface area contributed by atoms with E-state index in [0.717, 1.165) is 22.3 Å². The largest absolute Gasteiger partial charge is 0.394 e. The van der Waals surface area contributed by atoms with Gasteiger partial charge in [-0.1, -0.05) is 66.7 Å². The Bertz CT molecular complexity index is 2100. The molecule has 6 rings (SSSR count). The maximum Gasteiger partial charge on any atom is 0.266 e. The van der Waals surface area contributed by atoms with Crippen LogP contribution < -0.4 is 15.5 Å². The number of halogens is 1. The van der Waals surface area contributed by atoms with Gasteiger partial charge in [-0.25, -0.2) is 4.39 Å². The first-order valence-corrected chi connectivity index (χ1v) is 20.1. The van der Waals surface area contributed by atoms with E-state index in [1.54, 1.807) is 47.4 Å². The Kier molecular flexibility index (Phi) is 13.5. The number of amides is 2. The van der Waals surface area contributed by atoms with Gasteiger partial charge in [0.05, 0.1) is 37.0 Å². The molecule has 2 aliphatic rings. The summed E-state index contributed by atoms with van der Waals surface area (Å²) in [4.78, 5) is 27.7. The number of anilines is 1. The van der Waals surface area contributed by atoms with E-state index in [-0.39, 0.29) is 37.9 Å². The van der Waals surface area contributed by atoms with Crippen molar-refractivity contribution in [3.8, 4) is 11.1 Å². The number of rotatable bonds is 16. The van der Waals surface area contributed by atoms with Crippen LogP contribution in [0.15, 0.2) is 97.1 Å². The molecular formula is C41H46FN3O11S. The lowest BCUT2D eigenvalue weighted by molar-refractivity contribution is -0.231. The first kappa shape index (κ1) is 42.0. The van der Waals surface area contributed by atoms with Crippen molar-refractivity contribution in [1.82, 2.24) is 10.6 Å². The highest BCUT2D eigenvalue weighted by Crippen LogP contribution is 2.47. The van der Waals surface area contributed by atoms with E-state index in [4.69, 9.17) is 9.29 Å². The van der Waals surface area contributed by atoms with Crippen LogP contribution in [0.4, 0.5) is 10.1 Å². The number of benzene rings is 4. The Morgan fingerprint density at radius 2 is 1.58 bits per heavy atom. The van der Waals surface area contributed by atoms with E-state index < -0.39 is 76.9 Å². The van der Waals surface area contributed by atoms with Gasteiger partial charge in [0.15, 0.2) is 0 Å². The maximum absolute atomic E-state index is 13.8. The minimum Gasteiger partial charge on any atom is -0.394 e. The molecular weight excluding hydrogens is 762 g/mol. The van der Waals surface area contributed by atoms with Crippen LogP contribution in [0.3, 0.4) is 0 Å². The van der Waals surface area contributed by atoms with Gasteiger partial charge < -0.3 is 45.8 Å². The molecule has 5 unspecified atom stereocenters. The molecule has 0 bridgehead atoms. The zero-order chi connectivity index (χ0) is 40.9. The summed E-state index contributed by atoms with van der Waals surface area (Å²) >= 11 is 0. The first-order valence-electron chi connectivity index (χ1n) is 18.5. The highest BCUT2D eigenvalue weighted by molar-refractivity contribution is 7.85. The van der Waals surface area contributed by atoms with Crippen molar-refractivity contribution in [1.29, 1.82) is 0 Å². The Morgan fingerprint density at radius 3 is 2.25 bits per heavy atom. The number of ether oxygens (including phenoxy) is 1. The Morgan fingerprint density at radius 1 is 0.877 bits per heavy atom.